The van der Waals surface area contributed by atoms with E-state index in [-0.39, 0.29) is 37.5 Å². The molecule has 9 atom stereocenters. The minimum Gasteiger partial charge on any atom is -0.492 e. The Morgan fingerprint density at radius 2 is 1.80 bits per heavy atom. The molecule has 1 saturated heterocycles. The van der Waals surface area contributed by atoms with E-state index < -0.39 is 79.7 Å². The number of rotatable bonds is 14. The Bertz CT molecular complexity index is 2530. The zero-order valence-electron chi connectivity index (χ0n) is 40.9. The first-order valence-corrected chi connectivity index (χ1v) is 26.2. The highest BCUT2D eigenvalue weighted by Gasteiger charge is 2.63. The molecule has 3 heterocycles. The molecule has 1 aromatic heterocycles. The Hall–Kier alpha value is -5.26. The van der Waals surface area contributed by atoms with Crippen LogP contribution < -0.4 is 24.8 Å². The van der Waals surface area contributed by atoms with Crippen LogP contribution in [0, 0.1) is 17.3 Å². The molecule has 2 aliphatic heterocycles. The van der Waals surface area contributed by atoms with Gasteiger partial charge in [0.1, 0.15) is 35.6 Å². The van der Waals surface area contributed by atoms with Crippen molar-refractivity contribution in [1.82, 2.24) is 30.1 Å². The molecule has 17 heteroatoms. The molecule has 16 nitrogen and oxygen atoms in total. The largest absolute Gasteiger partial charge is 0.492 e. The van der Waals surface area contributed by atoms with Crippen LogP contribution >= 0.6 is 0 Å². The number of nitrogens with zero attached hydrogens (tertiary/aromatic N) is 3. The van der Waals surface area contributed by atoms with Gasteiger partial charge in [-0.1, -0.05) is 82.2 Å². The fourth-order valence-electron chi connectivity index (χ4n) is 9.85. The molecule has 3 saturated carbocycles. The number of carbonyl (C=O) groups excluding carboxylic acids is 4. The zero-order valence-corrected chi connectivity index (χ0v) is 41.7. The average molecular weight is 971 g/mol. The maximum atomic E-state index is 14.9. The summed E-state index contributed by atoms with van der Waals surface area (Å²) in [6.45, 7) is 13.9. The Kier molecular flexibility index (Phi) is 14.4. The molecule has 0 spiro atoms. The van der Waals surface area contributed by atoms with Crippen LogP contribution in [0.4, 0.5) is 4.79 Å². The van der Waals surface area contributed by atoms with E-state index in [4.69, 9.17) is 19.2 Å². The van der Waals surface area contributed by atoms with E-state index in [0.717, 1.165) is 48.6 Å². The minimum atomic E-state index is -4.03. The molecule has 2 aromatic carbocycles. The van der Waals surface area contributed by atoms with Crippen molar-refractivity contribution < 1.29 is 46.9 Å². The summed E-state index contributed by atoms with van der Waals surface area (Å²) in [6, 6.07) is 14.9. The van der Waals surface area contributed by atoms with Gasteiger partial charge in [-0.25, -0.2) is 18.2 Å². The number of sulfonamides is 1. The van der Waals surface area contributed by atoms with Crippen molar-refractivity contribution in [2.24, 2.45) is 17.3 Å². The predicted molar refractivity (Wildman–Crippen MR) is 261 cm³/mol. The van der Waals surface area contributed by atoms with Crippen LogP contribution in [-0.4, -0.2) is 119 Å². The third kappa shape index (κ3) is 10.9. The number of para-hydroxylation sites is 1. The van der Waals surface area contributed by atoms with Crippen LogP contribution in [0.5, 0.6) is 11.6 Å². The van der Waals surface area contributed by atoms with E-state index in [1.54, 1.807) is 6.92 Å². The SMILES string of the molecule is C=C[C@@H]1C[C@]1(NC(=O)[C@@H]1C[C@@H]2CN1C(=O)[C@H](C(C)(C)C)NC(=O)O[C@@H]1C[C@H]1CCCCCc1c(nc3ccccc3c1OCCCN(C)C(C)C(O)c1ccccc1)O2)C(=O)NS(=O)(=O)C1(C)CC1. The number of hydrogen-bond donors (Lipinski definition) is 4. The summed E-state index contributed by atoms with van der Waals surface area (Å²) >= 11 is 0. The van der Waals surface area contributed by atoms with Gasteiger partial charge in [0, 0.05) is 30.3 Å². The van der Waals surface area contributed by atoms with Crippen LogP contribution in [0.15, 0.2) is 67.3 Å². The van der Waals surface area contributed by atoms with Crippen LogP contribution in [0.25, 0.3) is 10.9 Å². The third-order valence-electron chi connectivity index (χ3n) is 15.1. The monoisotopic (exact) mass is 970 g/mol. The molecule has 0 radical (unpaired) electrons. The van der Waals surface area contributed by atoms with Gasteiger partial charge in [-0.2, -0.15) is 0 Å². The summed E-state index contributed by atoms with van der Waals surface area (Å²) in [5.41, 5.74) is -0.143. The van der Waals surface area contributed by atoms with Crippen molar-refractivity contribution in [3.63, 3.8) is 0 Å². The Balaban J connectivity index is 1.09. The molecule has 3 aromatic rings. The molecule has 3 aliphatic carbocycles. The van der Waals surface area contributed by atoms with Gasteiger partial charge in [-0.3, -0.25) is 19.1 Å². The van der Waals surface area contributed by atoms with E-state index in [9.17, 15) is 32.7 Å². The van der Waals surface area contributed by atoms with Crippen LogP contribution in [0.1, 0.15) is 116 Å². The minimum absolute atomic E-state index is 0.00104. The second kappa shape index (κ2) is 19.9. The van der Waals surface area contributed by atoms with Gasteiger partial charge in [0.2, 0.25) is 27.7 Å². The number of ether oxygens (including phenoxy) is 3. The molecule has 4 fully saturated rings. The van der Waals surface area contributed by atoms with E-state index in [0.29, 0.717) is 56.0 Å². The highest BCUT2D eigenvalue weighted by Crippen LogP contribution is 2.47. The summed E-state index contributed by atoms with van der Waals surface area (Å²) in [5, 5.41) is 17.6. The van der Waals surface area contributed by atoms with Gasteiger partial charge >= 0.3 is 6.09 Å². The fraction of sp³-hybridized carbons (Fsp3) is 0.596. The summed E-state index contributed by atoms with van der Waals surface area (Å²) < 4.78 is 47.1. The van der Waals surface area contributed by atoms with E-state index in [1.807, 2.05) is 89.3 Å². The fourth-order valence-corrected chi connectivity index (χ4v) is 11.2. The zero-order chi connectivity index (χ0) is 49.5. The number of aliphatic hydroxyl groups is 1. The highest BCUT2D eigenvalue weighted by molar-refractivity contribution is 7.91. The Morgan fingerprint density at radius 3 is 2.49 bits per heavy atom. The first-order valence-electron chi connectivity index (χ1n) is 24.7. The number of nitrogens with one attached hydrogen (secondary N) is 3. The summed E-state index contributed by atoms with van der Waals surface area (Å²) in [6.07, 6.45) is 5.55. The van der Waals surface area contributed by atoms with Crippen molar-refractivity contribution in [1.29, 1.82) is 0 Å². The molecular formula is C52H70N6O10S. The van der Waals surface area contributed by atoms with Gasteiger partial charge in [0.05, 0.1) is 35.1 Å². The van der Waals surface area contributed by atoms with Crippen molar-refractivity contribution in [3.05, 3.63) is 78.4 Å². The molecule has 8 rings (SSSR count). The number of benzene rings is 2. The lowest BCUT2D eigenvalue weighted by Gasteiger charge is -2.35. The molecule has 2 unspecified atom stereocenters. The summed E-state index contributed by atoms with van der Waals surface area (Å²) in [7, 11) is -2.04. The normalized spacial score (nSPS) is 27.7. The molecule has 2 bridgehead atoms. The quantitative estimate of drug-likeness (QED) is 0.107. The van der Waals surface area contributed by atoms with Crippen molar-refractivity contribution in [2.75, 3.05) is 26.7 Å². The maximum Gasteiger partial charge on any atom is 0.408 e. The van der Waals surface area contributed by atoms with Crippen LogP contribution in [-0.2, 0) is 35.6 Å². The van der Waals surface area contributed by atoms with Crippen LogP contribution in [0.3, 0.4) is 0 Å². The van der Waals surface area contributed by atoms with Gasteiger partial charge in [0.15, 0.2) is 0 Å². The van der Waals surface area contributed by atoms with Gasteiger partial charge in [-0.05, 0) is 101 Å². The highest BCUT2D eigenvalue weighted by atomic mass is 32.2. The van der Waals surface area contributed by atoms with Crippen molar-refractivity contribution in [2.45, 2.75) is 152 Å². The molecular weight excluding hydrogens is 901 g/mol. The lowest BCUT2D eigenvalue weighted by atomic mass is 9.85. The third-order valence-corrected chi connectivity index (χ3v) is 17.3. The number of fused-ring (bicyclic) bond motifs is 5. The number of aliphatic hydroxyl groups excluding tert-OH is 1. The first kappa shape index (κ1) is 50.1. The molecule has 4 N–H and O–H groups in total. The van der Waals surface area contributed by atoms with E-state index in [2.05, 4.69) is 26.8 Å². The lowest BCUT2D eigenvalue weighted by molar-refractivity contribution is -0.142. The van der Waals surface area contributed by atoms with Gasteiger partial charge < -0.3 is 39.8 Å². The number of alkyl carbamates (subject to hydrolysis) is 1. The van der Waals surface area contributed by atoms with Gasteiger partial charge in [0.25, 0.3) is 5.91 Å². The smallest absolute Gasteiger partial charge is 0.408 e. The topological polar surface area (TPSA) is 206 Å². The number of amides is 4. The van der Waals surface area contributed by atoms with Crippen molar-refractivity contribution in [3.8, 4) is 11.6 Å². The number of likely N-dealkylation sites (N-methyl/N-ethyl adjacent to an activating group) is 1. The standard InChI is InChI=1S/C52H70N6O10S/c1-8-35-30-52(35,48(62)56-69(64,65)51(6)24-25-51)55-45(60)40-29-36-31-58(40)47(61)44(50(3,4)5)54-49(63)68-41-28-34(41)20-13-10-14-22-38-43(37-21-15-16-23-39(37)53-46(38)67-36)66-27-17-26-57(7)32(2)42(59)33-18-11-9-12-19-33/h8-9,11-12,15-16,18-19,21,23,32,34-36,40-42,44,59H,1,10,13-14,17,20,22,24-31H2,2-7H3,(H,54,63)(H,55,60)(H,56,62)/t32?,34-,35-,36-,40+,41-,42?,44-,52-/m1/s1. The maximum absolute atomic E-state index is 14.9. The number of pyridine rings is 1. The second-order valence-corrected chi connectivity index (χ2v) is 23.6. The second-order valence-electron chi connectivity index (χ2n) is 21.4. The predicted octanol–water partition coefficient (Wildman–Crippen LogP) is 6.11. The number of hydrogen-bond acceptors (Lipinski definition) is 12. The van der Waals surface area contributed by atoms with E-state index in [1.165, 1.54) is 11.0 Å². The lowest BCUT2D eigenvalue weighted by Crippen LogP contribution is -2.60. The Morgan fingerprint density at radius 1 is 1.07 bits per heavy atom. The average Bonchev–Trinajstić information content (AvgIpc) is 4.28. The molecule has 69 heavy (non-hydrogen) atoms. The number of aromatic nitrogens is 1. The van der Waals surface area contributed by atoms with Gasteiger partial charge in [-0.15, -0.1) is 6.58 Å². The first-order chi connectivity index (χ1) is 32.7. The Labute approximate surface area is 406 Å². The van der Waals surface area contributed by atoms with Crippen LogP contribution in [0.2, 0.25) is 0 Å². The molecule has 4 amide bonds. The molecule has 374 valence electrons. The summed E-state index contributed by atoms with van der Waals surface area (Å²) in [4.78, 5) is 65.6. The number of carbonyl (C=O) groups is 4. The van der Waals surface area contributed by atoms with Crippen molar-refractivity contribution >= 4 is 44.7 Å². The van der Waals surface area contributed by atoms with E-state index >= 15 is 0 Å². The molecule has 5 aliphatic rings. The summed E-state index contributed by atoms with van der Waals surface area (Å²) in [5.74, 6) is -1.41.